The summed E-state index contributed by atoms with van der Waals surface area (Å²) < 4.78 is 0.739. The quantitative estimate of drug-likeness (QED) is 0.805. The van der Waals surface area contributed by atoms with Gasteiger partial charge in [0.05, 0.1) is 11.7 Å². The van der Waals surface area contributed by atoms with Crippen LogP contribution in [0.2, 0.25) is 4.34 Å². The third-order valence-electron chi connectivity index (χ3n) is 2.94. The molecular weight excluding hydrogens is 216 g/mol. The third kappa shape index (κ3) is 1.95. The van der Waals surface area contributed by atoms with E-state index in [1.807, 2.05) is 0 Å². The number of nitrogens with zero attached hydrogens (tertiary/aromatic N) is 1. The van der Waals surface area contributed by atoms with E-state index in [1.54, 1.807) is 6.20 Å². The number of rotatable bonds is 1. The average molecular weight is 231 g/mol. The minimum absolute atomic E-state index is 0.213. The second-order valence-corrected chi connectivity index (χ2v) is 5.99. The summed E-state index contributed by atoms with van der Waals surface area (Å²) in [5.41, 5.74) is 6.16. The summed E-state index contributed by atoms with van der Waals surface area (Å²) in [5, 5.41) is 1.01. The van der Waals surface area contributed by atoms with Crippen molar-refractivity contribution in [1.82, 2.24) is 4.98 Å². The number of hydrogen-bond acceptors (Lipinski definition) is 3. The minimum atomic E-state index is -0.213. The maximum absolute atomic E-state index is 6.37. The second-order valence-electron chi connectivity index (χ2n) is 4.33. The fourth-order valence-corrected chi connectivity index (χ4v) is 3.32. The molecule has 0 saturated heterocycles. The largest absolute Gasteiger partial charge is 0.319 e. The van der Waals surface area contributed by atoms with E-state index in [1.165, 1.54) is 24.2 Å². The Balaban J connectivity index is 2.22. The summed E-state index contributed by atoms with van der Waals surface area (Å²) in [6.45, 7) is 2.26. The lowest BCUT2D eigenvalue weighted by atomic mass is 9.77. The monoisotopic (exact) mass is 230 g/mol. The Morgan fingerprint density at radius 3 is 3.07 bits per heavy atom. The van der Waals surface area contributed by atoms with Crippen LogP contribution in [0.1, 0.15) is 37.6 Å². The molecule has 2 rings (SSSR count). The lowest BCUT2D eigenvalue weighted by Crippen LogP contribution is -2.40. The molecule has 1 heterocycles. The molecule has 2 nitrogen and oxygen atoms in total. The number of nitrogens with two attached hydrogens (primary N) is 1. The first-order valence-corrected chi connectivity index (χ1v) is 6.20. The van der Waals surface area contributed by atoms with Crippen LogP contribution in [0.25, 0.3) is 0 Å². The second kappa shape index (κ2) is 3.80. The Kier molecular flexibility index (Phi) is 2.82. The zero-order chi connectivity index (χ0) is 10.2. The van der Waals surface area contributed by atoms with Crippen molar-refractivity contribution in [1.29, 1.82) is 0 Å². The fraction of sp³-hybridized carbons (Fsp3) is 0.700. The summed E-state index contributed by atoms with van der Waals surface area (Å²) in [5.74, 6) is 0.705. The van der Waals surface area contributed by atoms with E-state index in [0.29, 0.717) is 5.92 Å². The van der Waals surface area contributed by atoms with Gasteiger partial charge in [0.2, 0.25) is 0 Å². The summed E-state index contributed by atoms with van der Waals surface area (Å²) in [7, 11) is 0. The Labute approximate surface area is 93.5 Å². The summed E-state index contributed by atoms with van der Waals surface area (Å²) in [6.07, 6.45) is 6.28. The van der Waals surface area contributed by atoms with Gasteiger partial charge in [-0.3, -0.25) is 0 Å². The molecule has 2 atom stereocenters. The SMILES string of the molecule is CC1CCCC(N)(c2ncc(Cl)s2)C1. The highest BCUT2D eigenvalue weighted by molar-refractivity contribution is 7.15. The van der Waals surface area contributed by atoms with Gasteiger partial charge in [0, 0.05) is 0 Å². The molecule has 0 aliphatic heterocycles. The van der Waals surface area contributed by atoms with Gasteiger partial charge in [-0.15, -0.1) is 11.3 Å². The zero-order valence-electron chi connectivity index (χ0n) is 8.29. The standard InChI is InChI=1S/C10H15ClN2S/c1-7-3-2-4-10(12,5-7)9-13-6-8(11)14-9/h6-7H,2-5,12H2,1H3. The molecule has 2 N–H and O–H groups in total. The zero-order valence-corrected chi connectivity index (χ0v) is 9.87. The van der Waals surface area contributed by atoms with E-state index >= 15 is 0 Å². The fourth-order valence-electron chi connectivity index (χ4n) is 2.27. The molecule has 2 unspecified atom stereocenters. The first-order chi connectivity index (χ1) is 6.60. The molecule has 0 spiro atoms. The van der Waals surface area contributed by atoms with Crippen molar-refractivity contribution in [2.45, 2.75) is 38.1 Å². The molecule has 1 aliphatic rings. The molecule has 0 bridgehead atoms. The molecular formula is C10H15ClN2S. The first kappa shape index (κ1) is 10.4. The maximum atomic E-state index is 6.37. The number of halogens is 1. The van der Waals surface area contributed by atoms with Gasteiger partial charge in [-0.1, -0.05) is 31.4 Å². The lowest BCUT2D eigenvalue weighted by molar-refractivity contribution is 0.238. The van der Waals surface area contributed by atoms with Gasteiger partial charge in [-0.05, 0) is 18.8 Å². The van der Waals surface area contributed by atoms with Gasteiger partial charge >= 0.3 is 0 Å². The molecule has 0 radical (unpaired) electrons. The van der Waals surface area contributed by atoms with Gasteiger partial charge < -0.3 is 5.73 Å². The maximum Gasteiger partial charge on any atom is 0.114 e. The van der Waals surface area contributed by atoms with Gasteiger partial charge in [0.1, 0.15) is 9.34 Å². The molecule has 78 valence electrons. The van der Waals surface area contributed by atoms with E-state index in [9.17, 15) is 0 Å². The van der Waals surface area contributed by atoms with Crippen LogP contribution in [-0.4, -0.2) is 4.98 Å². The van der Waals surface area contributed by atoms with Gasteiger partial charge in [-0.25, -0.2) is 4.98 Å². The third-order valence-corrected chi connectivity index (χ3v) is 4.27. The van der Waals surface area contributed by atoms with Crippen molar-refractivity contribution in [3.05, 3.63) is 15.5 Å². The topological polar surface area (TPSA) is 38.9 Å². The molecule has 4 heteroatoms. The van der Waals surface area contributed by atoms with Gasteiger partial charge in [0.25, 0.3) is 0 Å². The Bertz CT molecular complexity index is 326. The normalized spacial score (nSPS) is 33.2. The molecule has 0 amide bonds. The average Bonchev–Trinajstić information content (AvgIpc) is 2.52. The van der Waals surface area contributed by atoms with E-state index in [4.69, 9.17) is 17.3 Å². The Morgan fingerprint density at radius 2 is 2.50 bits per heavy atom. The molecule has 1 fully saturated rings. The molecule has 0 aromatic carbocycles. The van der Waals surface area contributed by atoms with Crippen molar-refractivity contribution in [2.75, 3.05) is 0 Å². The highest BCUT2D eigenvalue weighted by atomic mass is 35.5. The molecule has 1 saturated carbocycles. The number of thiazole rings is 1. The lowest BCUT2D eigenvalue weighted by Gasteiger charge is -2.34. The van der Waals surface area contributed by atoms with Crippen molar-refractivity contribution in [3.8, 4) is 0 Å². The smallest absolute Gasteiger partial charge is 0.114 e. The summed E-state index contributed by atoms with van der Waals surface area (Å²) in [6, 6.07) is 0. The highest BCUT2D eigenvalue weighted by Gasteiger charge is 2.35. The predicted octanol–water partition coefficient (Wildman–Crippen LogP) is 3.16. The van der Waals surface area contributed by atoms with Crippen molar-refractivity contribution in [2.24, 2.45) is 11.7 Å². The highest BCUT2D eigenvalue weighted by Crippen LogP contribution is 2.39. The van der Waals surface area contributed by atoms with Crippen LogP contribution in [0, 0.1) is 5.92 Å². The van der Waals surface area contributed by atoms with Crippen molar-refractivity contribution in [3.63, 3.8) is 0 Å². The molecule has 1 aromatic heterocycles. The summed E-state index contributed by atoms with van der Waals surface area (Å²) in [4.78, 5) is 4.31. The number of aromatic nitrogens is 1. The van der Waals surface area contributed by atoms with Crippen LogP contribution in [0.5, 0.6) is 0 Å². The van der Waals surface area contributed by atoms with Crippen molar-refractivity contribution < 1.29 is 0 Å². The molecule has 1 aromatic rings. The first-order valence-electron chi connectivity index (χ1n) is 5.01. The van der Waals surface area contributed by atoms with E-state index < -0.39 is 0 Å². The van der Waals surface area contributed by atoms with E-state index in [-0.39, 0.29) is 5.54 Å². The molecule has 14 heavy (non-hydrogen) atoms. The van der Waals surface area contributed by atoms with Crippen LogP contribution in [0.3, 0.4) is 0 Å². The van der Waals surface area contributed by atoms with Gasteiger partial charge in [-0.2, -0.15) is 0 Å². The van der Waals surface area contributed by atoms with Crippen molar-refractivity contribution >= 4 is 22.9 Å². The van der Waals surface area contributed by atoms with Crippen LogP contribution < -0.4 is 5.73 Å². The van der Waals surface area contributed by atoms with E-state index in [2.05, 4.69) is 11.9 Å². The van der Waals surface area contributed by atoms with Crippen LogP contribution in [0.4, 0.5) is 0 Å². The summed E-state index contributed by atoms with van der Waals surface area (Å²) >= 11 is 7.40. The van der Waals surface area contributed by atoms with Crippen LogP contribution in [0.15, 0.2) is 6.20 Å². The minimum Gasteiger partial charge on any atom is -0.319 e. The Hall–Kier alpha value is -0.120. The molecule has 1 aliphatic carbocycles. The van der Waals surface area contributed by atoms with E-state index in [0.717, 1.165) is 22.2 Å². The van der Waals surface area contributed by atoms with Crippen LogP contribution >= 0.6 is 22.9 Å². The Morgan fingerprint density at radius 1 is 1.71 bits per heavy atom. The number of hydrogen-bond donors (Lipinski definition) is 1. The van der Waals surface area contributed by atoms with Gasteiger partial charge in [0.15, 0.2) is 0 Å². The predicted molar refractivity (Wildman–Crippen MR) is 60.6 cm³/mol. The van der Waals surface area contributed by atoms with Crippen LogP contribution in [-0.2, 0) is 5.54 Å².